The first kappa shape index (κ1) is 21.3. The normalized spacial score (nSPS) is 16.6. The Labute approximate surface area is 169 Å². The maximum absolute atomic E-state index is 12.2. The number of piperazine rings is 1. The van der Waals surface area contributed by atoms with Crippen LogP contribution >= 0.6 is 28.1 Å². The van der Waals surface area contributed by atoms with Gasteiger partial charge in [-0.2, -0.15) is 0 Å². The van der Waals surface area contributed by atoms with Crippen molar-refractivity contribution in [2.45, 2.75) is 19.4 Å². The van der Waals surface area contributed by atoms with Crippen LogP contribution in [0.2, 0.25) is 0 Å². The number of nitrogens with one attached hydrogen (secondary N) is 2. The zero-order chi connectivity index (χ0) is 19.8. The summed E-state index contributed by atoms with van der Waals surface area (Å²) >= 11 is 8.37. The number of halogens is 1. The molecule has 1 aliphatic heterocycles. The number of carbonyl (C=O) groups is 3. The van der Waals surface area contributed by atoms with Crippen molar-refractivity contribution in [1.82, 2.24) is 15.5 Å². The topological polar surface area (TPSA) is 110 Å². The van der Waals surface area contributed by atoms with E-state index in [-0.39, 0.29) is 36.4 Å². The summed E-state index contributed by atoms with van der Waals surface area (Å²) < 4.78 is 15.7. The molecule has 2 N–H and O–H groups in total. The van der Waals surface area contributed by atoms with Gasteiger partial charge in [0, 0.05) is 19.7 Å². The molecule has 27 heavy (non-hydrogen) atoms. The summed E-state index contributed by atoms with van der Waals surface area (Å²) in [6, 6.07) is 2.19. The molecule has 1 aromatic heterocycles. The van der Waals surface area contributed by atoms with E-state index < -0.39 is 17.9 Å². The van der Waals surface area contributed by atoms with Gasteiger partial charge < -0.3 is 24.1 Å². The standard InChI is InChI=1S/C16H20BrN3O6S/c1-2-24-7-8-25-13(21)9-10-14(22)18-5-6-20(10)16(27)19-15(23)11-3-4-12(17)26-11/h3-4,10H,2,5-9H2,1H3,(H,18,22)(H,19,23,27). The molecular weight excluding hydrogens is 442 g/mol. The van der Waals surface area contributed by atoms with Gasteiger partial charge in [0.2, 0.25) is 5.91 Å². The molecule has 2 amide bonds. The van der Waals surface area contributed by atoms with E-state index in [0.29, 0.717) is 24.4 Å². The molecule has 1 aromatic rings. The third-order valence-corrected chi connectivity index (χ3v) is 4.43. The van der Waals surface area contributed by atoms with Crippen molar-refractivity contribution in [3.05, 3.63) is 22.6 Å². The third kappa shape index (κ3) is 6.29. The molecule has 9 nitrogen and oxygen atoms in total. The predicted octanol–water partition coefficient (Wildman–Crippen LogP) is 0.827. The Morgan fingerprint density at radius 3 is 2.89 bits per heavy atom. The highest BCUT2D eigenvalue weighted by atomic mass is 79.9. The molecular formula is C16H20BrN3O6S. The molecule has 1 unspecified atom stereocenters. The largest absolute Gasteiger partial charge is 0.463 e. The summed E-state index contributed by atoms with van der Waals surface area (Å²) in [6.07, 6.45) is -0.194. The highest BCUT2D eigenvalue weighted by molar-refractivity contribution is 9.10. The van der Waals surface area contributed by atoms with Gasteiger partial charge in [-0.15, -0.1) is 0 Å². The number of furan rings is 1. The lowest BCUT2D eigenvalue weighted by Gasteiger charge is -2.36. The third-order valence-electron chi connectivity index (χ3n) is 3.66. The number of esters is 1. The van der Waals surface area contributed by atoms with E-state index in [4.69, 9.17) is 26.1 Å². The maximum Gasteiger partial charge on any atom is 0.308 e. The fourth-order valence-electron chi connectivity index (χ4n) is 2.40. The van der Waals surface area contributed by atoms with Crippen LogP contribution in [0.15, 0.2) is 21.2 Å². The second-order valence-electron chi connectivity index (χ2n) is 5.48. The smallest absolute Gasteiger partial charge is 0.308 e. The Hall–Kier alpha value is -1.98. The van der Waals surface area contributed by atoms with Crippen LogP contribution in [-0.4, -0.2) is 66.7 Å². The minimum Gasteiger partial charge on any atom is -0.463 e. The quantitative estimate of drug-likeness (QED) is 0.349. The van der Waals surface area contributed by atoms with Crippen LogP contribution in [-0.2, 0) is 19.1 Å². The van der Waals surface area contributed by atoms with E-state index in [1.54, 1.807) is 6.07 Å². The van der Waals surface area contributed by atoms with Crippen LogP contribution in [0.1, 0.15) is 23.9 Å². The van der Waals surface area contributed by atoms with Crippen molar-refractivity contribution in [3.8, 4) is 0 Å². The molecule has 1 saturated heterocycles. The van der Waals surface area contributed by atoms with Gasteiger partial charge in [-0.25, -0.2) is 0 Å². The SMILES string of the molecule is CCOCCOC(=O)CC1C(=O)NCCN1C(=S)NC(=O)c1ccc(Br)o1. The lowest BCUT2D eigenvalue weighted by atomic mass is 10.1. The number of hydrogen-bond acceptors (Lipinski definition) is 7. The molecule has 1 aliphatic rings. The summed E-state index contributed by atoms with van der Waals surface area (Å²) in [7, 11) is 0. The van der Waals surface area contributed by atoms with Gasteiger partial charge in [0.05, 0.1) is 13.0 Å². The van der Waals surface area contributed by atoms with Crippen molar-refractivity contribution in [3.63, 3.8) is 0 Å². The van der Waals surface area contributed by atoms with E-state index in [0.717, 1.165) is 0 Å². The lowest BCUT2D eigenvalue weighted by molar-refractivity contribution is -0.148. The molecule has 0 aromatic carbocycles. The van der Waals surface area contributed by atoms with Gasteiger partial charge in [0.15, 0.2) is 15.5 Å². The monoisotopic (exact) mass is 461 g/mol. The van der Waals surface area contributed by atoms with E-state index in [2.05, 4.69) is 26.6 Å². The highest BCUT2D eigenvalue weighted by Gasteiger charge is 2.34. The molecule has 0 saturated carbocycles. The van der Waals surface area contributed by atoms with Crippen LogP contribution in [0.5, 0.6) is 0 Å². The average molecular weight is 462 g/mol. The van der Waals surface area contributed by atoms with Crippen LogP contribution < -0.4 is 10.6 Å². The Balaban J connectivity index is 1.95. The molecule has 1 fully saturated rings. The van der Waals surface area contributed by atoms with Gasteiger partial charge in [0.25, 0.3) is 5.91 Å². The lowest BCUT2D eigenvalue weighted by Crippen LogP contribution is -2.60. The second kappa shape index (κ2) is 10.4. The van der Waals surface area contributed by atoms with Crippen LogP contribution in [0.25, 0.3) is 0 Å². The minimum absolute atomic E-state index is 0.0366. The zero-order valence-corrected chi connectivity index (χ0v) is 17.1. The Morgan fingerprint density at radius 2 is 2.22 bits per heavy atom. The van der Waals surface area contributed by atoms with Gasteiger partial charge in [-0.05, 0) is 47.2 Å². The molecule has 0 aliphatic carbocycles. The molecule has 0 bridgehead atoms. The number of ether oxygens (including phenoxy) is 2. The fourth-order valence-corrected chi connectivity index (χ4v) is 3.02. The first-order valence-corrected chi connectivity index (χ1v) is 9.50. The number of carbonyl (C=O) groups excluding carboxylic acids is 3. The minimum atomic E-state index is -0.866. The zero-order valence-electron chi connectivity index (χ0n) is 14.7. The predicted molar refractivity (Wildman–Crippen MR) is 102 cm³/mol. The summed E-state index contributed by atoms with van der Waals surface area (Å²) in [5.74, 6) is -1.39. The number of hydrogen-bond donors (Lipinski definition) is 2. The van der Waals surface area contributed by atoms with Crippen LogP contribution in [0.3, 0.4) is 0 Å². The number of thiocarbonyl (C=S) groups is 1. The highest BCUT2D eigenvalue weighted by Crippen LogP contribution is 2.15. The van der Waals surface area contributed by atoms with Crippen LogP contribution in [0, 0.1) is 0 Å². The maximum atomic E-state index is 12.2. The van der Waals surface area contributed by atoms with Crippen molar-refractivity contribution >= 4 is 51.0 Å². The van der Waals surface area contributed by atoms with E-state index in [1.807, 2.05) is 6.92 Å². The van der Waals surface area contributed by atoms with E-state index in [9.17, 15) is 14.4 Å². The summed E-state index contributed by atoms with van der Waals surface area (Å²) in [5.41, 5.74) is 0. The molecule has 11 heteroatoms. The molecule has 0 spiro atoms. The summed E-state index contributed by atoms with van der Waals surface area (Å²) in [4.78, 5) is 37.9. The Bertz CT molecular complexity index is 710. The van der Waals surface area contributed by atoms with Gasteiger partial charge in [-0.3, -0.25) is 19.7 Å². The van der Waals surface area contributed by atoms with Crippen molar-refractivity contribution in [2.24, 2.45) is 0 Å². The molecule has 148 valence electrons. The van der Waals surface area contributed by atoms with Crippen LogP contribution in [0.4, 0.5) is 0 Å². The average Bonchev–Trinajstić information content (AvgIpc) is 3.07. The Kier molecular flexibility index (Phi) is 8.20. The number of amides is 2. The summed E-state index contributed by atoms with van der Waals surface area (Å²) in [6.45, 7) is 3.45. The van der Waals surface area contributed by atoms with Crippen molar-refractivity contribution in [2.75, 3.05) is 32.9 Å². The van der Waals surface area contributed by atoms with Crippen molar-refractivity contribution < 1.29 is 28.3 Å². The first-order chi connectivity index (χ1) is 12.9. The second-order valence-corrected chi connectivity index (χ2v) is 6.65. The van der Waals surface area contributed by atoms with E-state index in [1.165, 1.54) is 11.0 Å². The summed E-state index contributed by atoms with van der Waals surface area (Å²) in [5, 5.41) is 5.23. The fraction of sp³-hybridized carbons (Fsp3) is 0.500. The van der Waals surface area contributed by atoms with Gasteiger partial charge in [-0.1, -0.05) is 0 Å². The Morgan fingerprint density at radius 1 is 1.44 bits per heavy atom. The molecule has 2 heterocycles. The molecule has 0 radical (unpaired) electrons. The molecule has 1 atom stereocenters. The molecule has 2 rings (SSSR count). The first-order valence-electron chi connectivity index (χ1n) is 8.30. The van der Waals surface area contributed by atoms with E-state index >= 15 is 0 Å². The van der Waals surface area contributed by atoms with Gasteiger partial charge >= 0.3 is 5.97 Å². The number of nitrogens with zero attached hydrogens (tertiary/aromatic N) is 1. The number of rotatable bonds is 7. The van der Waals surface area contributed by atoms with Crippen molar-refractivity contribution in [1.29, 1.82) is 0 Å². The van der Waals surface area contributed by atoms with Gasteiger partial charge in [0.1, 0.15) is 12.6 Å².